The number of aliphatic hydroxyl groups is 2. The van der Waals surface area contributed by atoms with Gasteiger partial charge in [0.2, 0.25) is 6.29 Å². The summed E-state index contributed by atoms with van der Waals surface area (Å²) >= 11 is 0. The molecule has 0 rings (SSSR count). The minimum atomic E-state index is -2.74. The monoisotopic (exact) mass is 292 g/mol. The van der Waals surface area contributed by atoms with Crippen molar-refractivity contribution in [3.05, 3.63) is 0 Å². The summed E-state index contributed by atoms with van der Waals surface area (Å²) in [5, 5.41) is 36.2. The third kappa shape index (κ3) is 7.05. The third-order valence-electron chi connectivity index (χ3n) is 2.60. The Morgan fingerprint density at radius 1 is 1.15 bits per heavy atom. The van der Waals surface area contributed by atoms with Crippen molar-refractivity contribution < 1.29 is 39.5 Å². The fraction of sp³-hybridized carbons (Fsp3) is 0.750. The summed E-state index contributed by atoms with van der Waals surface area (Å²) in [5.41, 5.74) is -2.74. The first-order chi connectivity index (χ1) is 9.21. The molecule has 0 saturated heterocycles. The Kier molecular flexibility index (Phi) is 7.78. The van der Waals surface area contributed by atoms with E-state index in [2.05, 4.69) is 4.74 Å². The van der Waals surface area contributed by atoms with Crippen molar-refractivity contribution in [3.63, 3.8) is 0 Å². The molecule has 2 atom stereocenters. The molecule has 2 unspecified atom stereocenters. The van der Waals surface area contributed by atoms with Gasteiger partial charge in [-0.3, -0.25) is 9.59 Å². The van der Waals surface area contributed by atoms with Gasteiger partial charge in [0.05, 0.1) is 12.8 Å². The topological polar surface area (TPSA) is 141 Å². The SMILES string of the molecule is CCCCCC(O)OC(=O)CC(O)(CC(=O)O)C(=O)O. The molecule has 8 heteroatoms. The Labute approximate surface area is 116 Å². The van der Waals surface area contributed by atoms with Crippen molar-refractivity contribution in [2.75, 3.05) is 0 Å². The van der Waals surface area contributed by atoms with Gasteiger partial charge >= 0.3 is 17.9 Å². The number of carboxylic acid groups (broad SMARTS) is 2. The first kappa shape index (κ1) is 18.3. The fourth-order valence-corrected chi connectivity index (χ4v) is 1.52. The Morgan fingerprint density at radius 3 is 2.20 bits per heavy atom. The van der Waals surface area contributed by atoms with Crippen molar-refractivity contribution in [1.82, 2.24) is 0 Å². The van der Waals surface area contributed by atoms with E-state index >= 15 is 0 Å². The highest BCUT2D eigenvalue weighted by atomic mass is 16.6. The van der Waals surface area contributed by atoms with E-state index in [1.807, 2.05) is 6.92 Å². The van der Waals surface area contributed by atoms with Crippen molar-refractivity contribution in [3.8, 4) is 0 Å². The summed E-state index contributed by atoms with van der Waals surface area (Å²) in [6.45, 7) is 1.96. The van der Waals surface area contributed by atoms with Crippen LogP contribution in [-0.4, -0.2) is 50.2 Å². The van der Waals surface area contributed by atoms with Crippen molar-refractivity contribution in [2.24, 2.45) is 0 Å². The molecule has 0 aliphatic rings. The zero-order chi connectivity index (χ0) is 15.8. The van der Waals surface area contributed by atoms with E-state index in [-0.39, 0.29) is 6.42 Å². The van der Waals surface area contributed by atoms with Crippen molar-refractivity contribution in [1.29, 1.82) is 0 Å². The molecule has 116 valence electrons. The number of aliphatic carboxylic acids is 2. The summed E-state index contributed by atoms with van der Waals surface area (Å²) in [6, 6.07) is 0. The molecule has 0 bridgehead atoms. The second-order valence-electron chi connectivity index (χ2n) is 4.52. The largest absolute Gasteiger partial charge is 0.481 e. The first-order valence-corrected chi connectivity index (χ1v) is 6.26. The van der Waals surface area contributed by atoms with E-state index in [0.717, 1.165) is 12.8 Å². The van der Waals surface area contributed by atoms with Crippen LogP contribution in [-0.2, 0) is 19.1 Å². The summed E-state index contributed by atoms with van der Waals surface area (Å²) in [4.78, 5) is 32.7. The average Bonchev–Trinajstić information content (AvgIpc) is 2.27. The standard InChI is InChI=1S/C12H20O8/c1-2-3-4-5-9(15)20-10(16)7-12(19,11(17)18)6-8(13)14/h9,15,19H,2-7H2,1H3,(H,13,14)(H,17,18). The predicted octanol–water partition coefficient (Wildman–Crippen LogP) is 0.109. The average molecular weight is 292 g/mol. The maximum absolute atomic E-state index is 11.4. The number of hydrogen-bond acceptors (Lipinski definition) is 6. The van der Waals surface area contributed by atoms with Gasteiger partial charge in [0.15, 0.2) is 5.60 Å². The quantitative estimate of drug-likeness (QED) is 0.252. The van der Waals surface area contributed by atoms with Gasteiger partial charge in [0, 0.05) is 6.42 Å². The molecule has 0 heterocycles. The van der Waals surface area contributed by atoms with Crippen LogP contribution in [0.1, 0.15) is 45.4 Å². The van der Waals surface area contributed by atoms with Gasteiger partial charge < -0.3 is 25.2 Å². The van der Waals surface area contributed by atoms with Crippen molar-refractivity contribution in [2.45, 2.75) is 57.3 Å². The molecule has 20 heavy (non-hydrogen) atoms. The fourth-order valence-electron chi connectivity index (χ4n) is 1.52. The number of hydrogen-bond donors (Lipinski definition) is 4. The Hall–Kier alpha value is -1.67. The summed E-state index contributed by atoms with van der Waals surface area (Å²) < 4.78 is 4.52. The van der Waals surface area contributed by atoms with E-state index in [1.165, 1.54) is 0 Å². The van der Waals surface area contributed by atoms with Crippen LogP contribution in [0.15, 0.2) is 0 Å². The molecule has 0 spiro atoms. The Balaban J connectivity index is 4.40. The van der Waals surface area contributed by atoms with Crippen LogP contribution < -0.4 is 0 Å². The molecule has 0 aliphatic carbocycles. The number of esters is 1. The van der Waals surface area contributed by atoms with Gasteiger partial charge in [-0.1, -0.05) is 19.8 Å². The Morgan fingerprint density at radius 2 is 1.75 bits per heavy atom. The summed E-state index contributed by atoms with van der Waals surface area (Å²) in [6.07, 6.45) is -0.988. The lowest BCUT2D eigenvalue weighted by Crippen LogP contribution is -2.43. The molecular weight excluding hydrogens is 272 g/mol. The van der Waals surface area contributed by atoms with Gasteiger partial charge in [-0.2, -0.15) is 0 Å². The van der Waals surface area contributed by atoms with E-state index in [4.69, 9.17) is 10.2 Å². The molecule has 0 aromatic carbocycles. The third-order valence-corrected chi connectivity index (χ3v) is 2.60. The second kappa shape index (κ2) is 8.49. The summed E-state index contributed by atoms with van der Waals surface area (Å²) in [7, 11) is 0. The molecule has 0 aromatic rings. The number of carboxylic acids is 2. The molecule has 0 radical (unpaired) electrons. The number of carbonyl (C=O) groups is 3. The number of ether oxygens (including phenoxy) is 1. The van der Waals surface area contributed by atoms with Crippen LogP contribution in [0.5, 0.6) is 0 Å². The smallest absolute Gasteiger partial charge is 0.336 e. The molecule has 0 amide bonds. The maximum atomic E-state index is 11.4. The number of unbranched alkanes of at least 4 members (excludes halogenated alkanes) is 2. The Bertz CT molecular complexity index is 353. The zero-order valence-electron chi connectivity index (χ0n) is 11.2. The van der Waals surface area contributed by atoms with Crippen LogP contribution >= 0.6 is 0 Å². The van der Waals surface area contributed by atoms with Crippen LogP contribution in [0.4, 0.5) is 0 Å². The molecule has 0 fully saturated rings. The molecule has 4 N–H and O–H groups in total. The van der Waals surface area contributed by atoms with Gasteiger partial charge in [-0.25, -0.2) is 4.79 Å². The lowest BCUT2D eigenvalue weighted by Gasteiger charge is -2.21. The second-order valence-corrected chi connectivity index (χ2v) is 4.52. The highest BCUT2D eigenvalue weighted by molar-refractivity contribution is 5.88. The summed E-state index contributed by atoms with van der Waals surface area (Å²) in [5.74, 6) is -4.57. The first-order valence-electron chi connectivity index (χ1n) is 6.26. The van der Waals surface area contributed by atoms with Crippen LogP contribution in [0, 0.1) is 0 Å². The van der Waals surface area contributed by atoms with Gasteiger partial charge in [-0.15, -0.1) is 0 Å². The van der Waals surface area contributed by atoms with Crippen LogP contribution in [0.3, 0.4) is 0 Å². The lowest BCUT2D eigenvalue weighted by atomic mass is 9.96. The number of aliphatic hydroxyl groups excluding tert-OH is 1. The number of rotatable bonds is 10. The zero-order valence-corrected chi connectivity index (χ0v) is 11.2. The van der Waals surface area contributed by atoms with E-state index in [0.29, 0.717) is 6.42 Å². The molecule has 0 aromatic heterocycles. The van der Waals surface area contributed by atoms with Gasteiger partial charge in [0.25, 0.3) is 0 Å². The molecule has 0 aliphatic heterocycles. The van der Waals surface area contributed by atoms with Gasteiger partial charge in [-0.05, 0) is 6.42 Å². The van der Waals surface area contributed by atoms with E-state index < -0.39 is 42.6 Å². The maximum Gasteiger partial charge on any atom is 0.336 e. The molecule has 0 saturated carbocycles. The van der Waals surface area contributed by atoms with Crippen molar-refractivity contribution >= 4 is 17.9 Å². The van der Waals surface area contributed by atoms with Crippen LogP contribution in [0.25, 0.3) is 0 Å². The number of carbonyl (C=O) groups excluding carboxylic acids is 1. The minimum absolute atomic E-state index is 0.198. The normalized spacial score (nSPS) is 15.2. The lowest BCUT2D eigenvalue weighted by molar-refractivity contribution is -0.182. The van der Waals surface area contributed by atoms with Crippen LogP contribution in [0.2, 0.25) is 0 Å². The predicted molar refractivity (Wildman–Crippen MR) is 65.7 cm³/mol. The highest BCUT2D eigenvalue weighted by Crippen LogP contribution is 2.18. The highest BCUT2D eigenvalue weighted by Gasteiger charge is 2.41. The molecular formula is C12H20O8. The van der Waals surface area contributed by atoms with E-state index in [9.17, 15) is 24.6 Å². The minimum Gasteiger partial charge on any atom is -0.481 e. The molecule has 8 nitrogen and oxygen atoms in total. The van der Waals surface area contributed by atoms with E-state index in [1.54, 1.807) is 0 Å². The van der Waals surface area contributed by atoms with Gasteiger partial charge in [0.1, 0.15) is 0 Å².